The zero-order valence-electron chi connectivity index (χ0n) is 18.0. The second kappa shape index (κ2) is 10.8. The second-order valence-electron chi connectivity index (χ2n) is 8.49. The molecule has 1 aliphatic heterocycles. The number of aromatic nitrogens is 2. The fourth-order valence-electron chi connectivity index (χ4n) is 4.58. The van der Waals surface area contributed by atoms with E-state index in [2.05, 4.69) is 28.4 Å². The van der Waals surface area contributed by atoms with E-state index < -0.39 is 0 Å². The van der Waals surface area contributed by atoms with E-state index in [4.69, 9.17) is 21.5 Å². The Balaban J connectivity index is 0.000000858. The van der Waals surface area contributed by atoms with Crippen molar-refractivity contribution in [3.05, 3.63) is 52.8 Å². The van der Waals surface area contributed by atoms with Gasteiger partial charge in [0.2, 0.25) is 5.91 Å². The number of carboxylic acid groups (broad SMARTS) is 1. The van der Waals surface area contributed by atoms with Gasteiger partial charge in [-0.05, 0) is 43.9 Å². The third-order valence-electron chi connectivity index (χ3n) is 6.10. The largest absolute Gasteiger partial charge is 0.483 e. The highest BCUT2D eigenvalue weighted by molar-refractivity contribution is 6.30. The summed E-state index contributed by atoms with van der Waals surface area (Å²) in [6.07, 6.45) is 9.46. The molecule has 4 rings (SSSR count). The van der Waals surface area contributed by atoms with Crippen LogP contribution in [0.5, 0.6) is 0 Å². The first-order valence-electron chi connectivity index (χ1n) is 10.8. The topological polar surface area (TPSA) is 87.5 Å². The zero-order chi connectivity index (χ0) is 22.3. The molecule has 0 spiro atoms. The van der Waals surface area contributed by atoms with Crippen molar-refractivity contribution in [3.63, 3.8) is 0 Å². The number of amides is 1. The highest BCUT2D eigenvalue weighted by Crippen LogP contribution is 2.36. The molecule has 0 unspecified atom stereocenters. The molecule has 1 saturated carbocycles. The summed E-state index contributed by atoms with van der Waals surface area (Å²) >= 11 is 6.04. The van der Waals surface area contributed by atoms with Gasteiger partial charge in [-0.1, -0.05) is 36.6 Å². The number of halogens is 1. The summed E-state index contributed by atoms with van der Waals surface area (Å²) in [5.74, 6) is 0.217. The lowest BCUT2D eigenvalue weighted by Crippen LogP contribution is -2.64. The molecule has 1 saturated heterocycles. The summed E-state index contributed by atoms with van der Waals surface area (Å²) in [5, 5.41) is 15.3. The van der Waals surface area contributed by atoms with Crippen molar-refractivity contribution >= 4 is 24.0 Å². The fourth-order valence-corrected chi connectivity index (χ4v) is 4.70. The van der Waals surface area contributed by atoms with Crippen LogP contribution < -0.4 is 5.32 Å². The Labute approximate surface area is 188 Å². The van der Waals surface area contributed by atoms with Crippen LogP contribution >= 0.6 is 11.6 Å². The summed E-state index contributed by atoms with van der Waals surface area (Å²) in [6, 6.07) is 8.26. The predicted molar refractivity (Wildman–Crippen MR) is 120 cm³/mol. The Kier molecular flexibility index (Phi) is 8.09. The van der Waals surface area contributed by atoms with Crippen molar-refractivity contribution in [2.75, 3.05) is 13.1 Å². The number of likely N-dealkylation sites (tertiary alicyclic amines) is 1. The van der Waals surface area contributed by atoms with Crippen LogP contribution in [0.4, 0.5) is 0 Å². The molecule has 7 nitrogen and oxygen atoms in total. The van der Waals surface area contributed by atoms with Crippen LogP contribution in [0.2, 0.25) is 5.02 Å². The molecule has 0 bridgehead atoms. The summed E-state index contributed by atoms with van der Waals surface area (Å²) in [5.41, 5.74) is 2.03. The maximum absolute atomic E-state index is 13.2. The van der Waals surface area contributed by atoms with Crippen molar-refractivity contribution in [1.82, 2.24) is 20.0 Å². The van der Waals surface area contributed by atoms with Gasteiger partial charge in [-0.25, -0.2) is 0 Å². The summed E-state index contributed by atoms with van der Waals surface area (Å²) < 4.78 is 1.95. The van der Waals surface area contributed by atoms with E-state index in [9.17, 15) is 4.79 Å². The van der Waals surface area contributed by atoms with Gasteiger partial charge in [-0.15, -0.1) is 0 Å². The van der Waals surface area contributed by atoms with Crippen molar-refractivity contribution in [2.24, 2.45) is 5.41 Å². The number of rotatable bonds is 7. The van der Waals surface area contributed by atoms with Crippen molar-refractivity contribution in [3.8, 4) is 0 Å². The molecule has 0 radical (unpaired) electrons. The zero-order valence-corrected chi connectivity index (χ0v) is 18.7. The van der Waals surface area contributed by atoms with Gasteiger partial charge in [0.15, 0.2) is 0 Å². The summed E-state index contributed by atoms with van der Waals surface area (Å²) in [4.78, 5) is 24.0. The fraction of sp³-hybridized carbons (Fsp3) is 0.522. The number of hydrogen-bond acceptors (Lipinski definition) is 4. The van der Waals surface area contributed by atoms with Crippen LogP contribution in [0.1, 0.15) is 43.7 Å². The average Bonchev–Trinajstić information content (AvgIpc) is 3.40. The van der Waals surface area contributed by atoms with Crippen LogP contribution in [0.3, 0.4) is 0 Å². The molecule has 8 heteroatoms. The third kappa shape index (κ3) is 6.08. The molecular weight excluding hydrogens is 416 g/mol. The van der Waals surface area contributed by atoms with E-state index in [1.54, 1.807) is 0 Å². The van der Waals surface area contributed by atoms with Crippen LogP contribution in [-0.4, -0.2) is 51.3 Å². The first kappa shape index (κ1) is 23.3. The normalized spacial score (nSPS) is 18.0. The first-order chi connectivity index (χ1) is 15.0. The van der Waals surface area contributed by atoms with Crippen molar-refractivity contribution in [2.45, 2.75) is 58.2 Å². The molecule has 2 N–H and O–H groups in total. The standard InChI is InChI=1S/C22H29ClN4O.CH2O2/c1-2-27-14-18(12-24-27)13-26-15-22(16-26,11-17-7-9-19(23)10-8-17)21(28)25-20-5-3-4-6-20;2-1-3/h7-10,12,14,20H,2-6,11,13,15-16H2,1H3,(H,25,28);1H,(H,2,3). The third-order valence-corrected chi connectivity index (χ3v) is 6.35. The molecule has 168 valence electrons. The van der Waals surface area contributed by atoms with Crippen LogP contribution in [0.25, 0.3) is 0 Å². The molecule has 31 heavy (non-hydrogen) atoms. The molecule has 2 fully saturated rings. The van der Waals surface area contributed by atoms with E-state index in [1.165, 1.54) is 24.0 Å². The number of hydrogen-bond donors (Lipinski definition) is 2. The molecule has 1 aromatic carbocycles. The van der Waals surface area contributed by atoms with Crippen LogP contribution in [0, 0.1) is 5.41 Å². The van der Waals surface area contributed by atoms with Gasteiger partial charge in [0, 0.05) is 49.0 Å². The molecule has 1 amide bonds. The lowest BCUT2D eigenvalue weighted by Gasteiger charge is -2.49. The van der Waals surface area contributed by atoms with Crippen LogP contribution in [-0.2, 0) is 29.1 Å². The van der Waals surface area contributed by atoms with E-state index in [1.807, 2.05) is 35.1 Å². The summed E-state index contributed by atoms with van der Waals surface area (Å²) in [7, 11) is 0. The average molecular weight is 447 g/mol. The molecule has 0 atom stereocenters. The maximum atomic E-state index is 13.2. The Morgan fingerprint density at radius 1 is 1.26 bits per heavy atom. The van der Waals surface area contributed by atoms with Crippen molar-refractivity contribution < 1.29 is 14.7 Å². The number of nitrogens with zero attached hydrogens (tertiary/aromatic N) is 3. The molecule has 1 aliphatic carbocycles. The smallest absolute Gasteiger partial charge is 0.290 e. The maximum Gasteiger partial charge on any atom is 0.290 e. The highest BCUT2D eigenvalue weighted by atomic mass is 35.5. The second-order valence-corrected chi connectivity index (χ2v) is 8.93. The SMILES string of the molecule is CCn1cc(CN2CC(Cc3ccc(Cl)cc3)(C(=O)NC3CCCC3)C2)cn1.O=CO. The van der Waals surface area contributed by atoms with Gasteiger partial charge >= 0.3 is 0 Å². The quantitative estimate of drug-likeness (QED) is 0.637. The Morgan fingerprint density at radius 3 is 2.48 bits per heavy atom. The monoisotopic (exact) mass is 446 g/mol. The lowest BCUT2D eigenvalue weighted by atomic mass is 9.73. The molecule has 1 aromatic heterocycles. The van der Waals surface area contributed by atoms with Gasteiger partial charge in [0.1, 0.15) is 0 Å². The lowest BCUT2D eigenvalue weighted by molar-refractivity contribution is -0.143. The molecule has 2 aromatic rings. The molecule has 2 heterocycles. The van der Waals surface area contributed by atoms with Crippen molar-refractivity contribution in [1.29, 1.82) is 0 Å². The van der Waals surface area contributed by atoms with Gasteiger partial charge in [0.05, 0.1) is 11.6 Å². The number of nitrogens with one attached hydrogen (secondary N) is 1. The Morgan fingerprint density at radius 2 is 1.90 bits per heavy atom. The first-order valence-corrected chi connectivity index (χ1v) is 11.2. The van der Waals surface area contributed by atoms with Gasteiger partial charge in [0.25, 0.3) is 6.47 Å². The Bertz CT molecular complexity index is 856. The highest BCUT2D eigenvalue weighted by Gasteiger charge is 2.49. The van der Waals surface area contributed by atoms with Crippen LogP contribution in [0.15, 0.2) is 36.7 Å². The van der Waals surface area contributed by atoms with E-state index in [-0.39, 0.29) is 17.8 Å². The minimum atomic E-state index is -0.350. The van der Waals surface area contributed by atoms with E-state index in [0.29, 0.717) is 6.04 Å². The minimum Gasteiger partial charge on any atom is -0.483 e. The number of carbonyl (C=O) groups excluding carboxylic acids is 1. The number of aryl methyl sites for hydroxylation is 1. The van der Waals surface area contributed by atoms with Gasteiger partial charge in [-0.3, -0.25) is 19.2 Å². The molecular formula is C23H31ClN4O3. The minimum absolute atomic E-state index is 0.217. The Hall–Kier alpha value is -2.38. The summed E-state index contributed by atoms with van der Waals surface area (Å²) in [6.45, 7) is 5.13. The number of benzene rings is 1. The number of carbonyl (C=O) groups is 2. The van der Waals surface area contributed by atoms with E-state index in [0.717, 1.165) is 50.5 Å². The van der Waals surface area contributed by atoms with Gasteiger partial charge < -0.3 is 10.4 Å². The molecule has 2 aliphatic rings. The van der Waals surface area contributed by atoms with Gasteiger partial charge in [-0.2, -0.15) is 5.10 Å². The predicted octanol–water partition coefficient (Wildman–Crippen LogP) is 3.36. The van der Waals surface area contributed by atoms with E-state index >= 15 is 0 Å².